The van der Waals surface area contributed by atoms with Crippen LogP contribution in [0.1, 0.15) is 26.7 Å². The largest absolute Gasteiger partial charge is 0.380 e. The van der Waals surface area contributed by atoms with E-state index in [9.17, 15) is 0 Å². The lowest BCUT2D eigenvalue weighted by atomic mass is 9.88. The quantitative estimate of drug-likeness (QED) is 0.697. The average Bonchev–Trinajstić information content (AvgIpc) is 2.09. The smallest absolute Gasteiger partial charge is 0.0638 e. The lowest BCUT2D eigenvalue weighted by Crippen LogP contribution is -2.49. The molecule has 1 aliphatic rings. The Labute approximate surface area is 80.1 Å². The maximum atomic E-state index is 8.55. The molecule has 74 valence electrons. The summed E-state index contributed by atoms with van der Waals surface area (Å²) in [6, 6.07) is 2.55. The molecule has 0 aromatic heterocycles. The molecule has 0 aromatic rings. The minimum atomic E-state index is 0.308. The van der Waals surface area contributed by atoms with Gasteiger partial charge >= 0.3 is 0 Å². The number of hydrogen-bond donors (Lipinski definition) is 1. The minimum Gasteiger partial charge on any atom is -0.380 e. The van der Waals surface area contributed by atoms with E-state index in [-0.39, 0.29) is 0 Å². The maximum absolute atomic E-state index is 8.55. The predicted molar refractivity (Wildman–Crippen MR) is 51.2 cm³/mol. The highest BCUT2D eigenvalue weighted by molar-refractivity contribution is 4.86. The molecule has 0 bridgehead atoms. The molecule has 0 amide bonds. The van der Waals surface area contributed by atoms with Crippen LogP contribution in [0.5, 0.6) is 0 Å². The highest BCUT2D eigenvalue weighted by Gasteiger charge is 2.33. The summed E-state index contributed by atoms with van der Waals surface area (Å²) in [5.74, 6) is 0. The van der Waals surface area contributed by atoms with Gasteiger partial charge in [-0.1, -0.05) is 13.8 Å². The first kappa shape index (κ1) is 10.5. The van der Waals surface area contributed by atoms with Crippen molar-refractivity contribution in [1.82, 2.24) is 5.32 Å². The van der Waals surface area contributed by atoms with Crippen molar-refractivity contribution in [2.45, 2.75) is 32.7 Å². The Morgan fingerprint density at radius 3 is 2.69 bits per heavy atom. The second kappa shape index (κ2) is 4.59. The van der Waals surface area contributed by atoms with E-state index in [1.54, 1.807) is 0 Å². The number of nitriles is 1. The van der Waals surface area contributed by atoms with Crippen molar-refractivity contribution in [3.05, 3.63) is 0 Å². The number of nitrogens with one attached hydrogen (secondary N) is 1. The first-order valence-electron chi connectivity index (χ1n) is 4.88. The molecule has 0 saturated carbocycles. The van der Waals surface area contributed by atoms with Crippen molar-refractivity contribution in [2.24, 2.45) is 5.41 Å². The van der Waals surface area contributed by atoms with Gasteiger partial charge in [0.1, 0.15) is 0 Å². The molecular weight excluding hydrogens is 164 g/mol. The maximum Gasteiger partial charge on any atom is 0.0638 e. The van der Waals surface area contributed by atoms with E-state index in [2.05, 4.69) is 25.2 Å². The Kier molecular flexibility index (Phi) is 3.71. The fourth-order valence-corrected chi connectivity index (χ4v) is 1.41. The van der Waals surface area contributed by atoms with Crippen molar-refractivity contribution >= 4 is 0 Å². The normalized spacial score (nSPS) is 21.6. The van der Waals surface area contributed by atoms with E-state index < -0.39 is 0 Å². The fourth-order valence-electron chi connectivity index (χ4n) is 1.41. The Bertz CT molecular complexity index is 194. The van der Waals surface area contributed by atoms with E-state index in [0.717, 1.165) is 26.2 Å². The summed E-state index contributed by atoms with van der Waals surface area (Å²) < 4.78 is 5.16. The molecule has 13 heavy (non-hydrogen) atoms. The van der Waals surface area contributed by atoms with Crippen molar-refractivity contribution < 1.29 is 4.74 Å². The molecule has 1 rings (SSSR count). The fraction of sp³-hybridized carbons (Fsp3) is 0.900. The highest BCUT2D eigenvalue weighted by Crippen LogP contribution is 2.25. The van der Waals surface area contributed by atoms with Crippen LogP contribution in [0.2, 0.25) is 0 Å². The lowest BCUT2D eigenvalue weighted by Gasteiger charge is -2.39. The Balaban J connectivity index is 2.19. The first-order chi connectivity index (χ1) is 6.20. The zero-order valence-electron chi connectivity index (χ0n) is 8.47. The second-order valence-corrected chi connectivity index (χ2v) is 4.15. The molecule has 0 aromatic carbocycles. The van der Waals surface area contributed by atoms with Crippen LogP contribution < -0.4 is 5.32 Å². The number of ether oxygens (including phenoxy) is 1. The lowest BCUT2D eigenvalue weighted by molar-refractivity contribution is -0.1000. The second-order valence-electron chi connectivity index (χ2n) is 4.15. The molecule has 0 spiro atoms. The number of rotatable bonds is 5. The minimum absolute atomic E-state index is 0.308. The average molecular weight is 182 g/mol. The zero-order valence-corrected chi connectivity index (χ0v) is 8.47. The van der Waals surface area contributed by atoms with Crippen LogP contribution in [0, 0.1) is 16.7 Å². The summed E-state index contributed by atoms with van der Waals surface area (Å²) in [4.78, 5) is 0. The van der Waals surface area contributed by atoms with Crippen LogP contribution in [-0.2, 0) is 4.74 Å². The van der Waals surface area contributed by atoms with Gasteiger partial charge in [-0.05, 0) is 6.42 Å². The van der Waals surface area contributed by atoms with Gasteiger partial charge in [0.25, 0.3) is 0 Å². The molecule has 0 aliphatic carbocycles. The molecule has 1 atom stereocenters. The molecule has 3 heteroatoms. The van der Waals surface area contributed by atoms with Gasteiger partial charge in [0.05, 0.1) is 25.7 Å². The summed E-state index contributed by atoms with van der Waals surface area (Å²) in [6.07, 6.45) is 1.62. The van der Waals surface area contributed by atoms with Gasteiger partial charge in [-0.15, -0.1) is 0 Å². The molecule has 1 aliphatic heterocycles. The van der Waals surface area contributed by atoms with Crippen LogP contribution >= 0.6 is 0 Å². The topological polar surface area (TPSA) is 45.0 Å². The number of nitrogens with zero attached hydrogens (tertiary/aromatic N) is 1. The van der Waals surface area contributed by atoms with Gasteiger partial charge in [0, 0.05) is 18.0 Å². The Morgan fingerprint density at radius 1 is 1.62 bits per heavy atom. The molecule has 1 fully saturated rings. The van der Waals surface area contributed by atoms with Gasteiger partial charge in [0.2, 0.25) is 0 Å². The zero-order chi connectivity index (χ0) is 9.73. The van der Waals surface area contributed by atoms with E-state index in [4.69, 9.17) is 10.00 Å². The molecular formula is C10H18N2O. The summed E-state index contributed by atoms with van der Waals surface area (Å²) in [6.45, 7) is 6.98. The van der Waals surface area contributed by atoms with Crippen LogP contribution in [0.25, 0.3) is 0 Å². The SMILES string of the molecule is CCC(CC#N)NCC1(C)COC1. The standard InChI is InChI=1S/C10H18N2O/c1-3-9(4-5-11)12-6-10(2)7-13-8-10/h9,12H,3-4,6-8H2,1-2H3. The van der Waals surface area contributed by atoms with Crippen molar-refractivity contribution in [3.8, 4) is 6.07 Å². The highest BCUT2D eigenvalue weighted by atomic mass is 16.5. The summed E-state index contributed by atoms with van der Waals surface area (Å²) in [7, 11) is 0. The van der Waals surface area contributed by atoms with Crippen molar-refractivity contribution in [1.29, 1.82) is 5.26 Å². The van der Waals surface area contributed by atoms with Crippen LogP contribution in [0.4, 0.5) is 0 Å². The van der Waals surface area contributed by atoms with Crippen LogP contribution in [0.15, 0.2) is 0 Å². The first-order valence-corrected chi connectivity index (χ1v) is 4.88. The summed E-state index contributed by atoms with van der Waals surface area (Å²) in [5, 5.41) is 12.0. The van der Waals surface area contributed by atoms with Crippen LogP contribution in [0.3, 0.4) is 0 Å². The molecule has 1 saturated heterocycles. The van der Waals surface area contributed by atoms with Crippen molar-refractivity contribution in [2.75, 3.05) is 19.8 Å². The molecule has 1 unspecified atom stereocenters. The predicted octanol–water partition coefficient (Wildman–Crippen LogP) is 1.30. The van der Waals surface area contributed by atoms with E-state index >= 15 is 0 Å². The molecule has 3 nitrogen and oxygen atoms in total. The summed E-state index contributed by atoms with van der Waals surface area (Å²) in [5.41, 5.74) is 0.308. The third-order valence-electron chi connectivity index (χ3n) is 2.55. The number of hydrogen-bond acceptors (Lipinski definition) is 3. The molecule has 0 radical (unpaired) electrons. The molecule has 1 heterocycles. The van der Waals surface area contributed by atoms with E-state index in [0.29, 0.717) is 17.9 Å². The summed E-state index contributed by atoms with van der Waals surface area (Å²) >= 11 is 0. The van der Waals surface area contributed by atoms with E-state index in [1.165, 1.54) is 0 Å². The third kappa shape index (κ3) is 2.98. The van der Waals surface area contributed by atoms with E-state index in [1.807, 2.05) is 0 Å². The van der Waals surface area contributed by atoms with Gasteiger partial charge in [0.15, 0.2) is 0 Å². The van der Waals surface area contributed by atoms with Gasteiger partial charge in [-0.3, -0.25) is 0 Å². The van der Waals surface area contributed by atoms with Gasteiger partial charge in [-0.2, -0.15) is 5.26 Å². The molecule has 1 N–H and O–H groups in total. The Hall–Kier alpha value is -0.590. The van der Waals surface area contributed by atoms with Gasteiger partial charge in [-0.25, -0.2) is 0 Å². The Morgan fingerprint density at radius 2 is 2.31 bits per heavy atom. The van der Waals surface area contributed by atoms with Gasteiger partial charge < -0.3 is 10.1 Å². The van der Waals surface area contributed by atoms with Crippen molar-refractivity contribution in [3.63, 3.8) is 0 Å². The van der Waals surface area contributed by atoms with Crippen LogP contribution in [-0.4, -0.2) is 25.8 Å². The monoisotopic (exact) mass is 182 g/mol. The third-order valence-corrected chi connectivity index (χ3v) is 2.55.